The number of carbonyl (C=O) groups excluding carboxylic acids is 1. The van der Waals surface area contributed by atoms with Crippen LogP contribution in [0.4, 0.5) is 4.79 Å². The second-order valence-corrected chi connectivity index (χ2v) is 5.12. The lowest BCUT2D eigenvalue weighted by Crippen LogP contribution is -2.42. The van der Waals surface area contributed by atoms with Gasteiger partial charge in [0.25, 0.3) is 0 Å². The van der Waals surface area contributed by atoms with Gasteiger partial charge in [0.2, 0.25) is 0 Å². The smallest absolute Gasteiger partial charge is 0.434 e. The predicted octanol–water partition coefficient (Wildman–Crippen LogP) is 2.95. The molecule has 15 heavy (non-hydrogen) atoms. The molecule has 1 amide bonds. The van der Waals surface area contributed by atoms with E-state index in [1.54, 1.807) is 20.8 Å². The fourth-order valence-electron chi connectivity index (χ4n) is 1.78. The average molecular weight is 215 g/mol. The average Bonchev–Trinajstić information content (AvgIpc) is 2.15. The van der Waals surface area contributed by atoms with Crippen molar-refractivity contribution >= 4 is 6.09 Å². The van der Waals surface area contributed by atoms with E-state index >= 15 is 0 Å². The van der Waals surface area contributed by atoms with E-state index in [2.05, 4.69) is 0 Å². The minimum atomic E-state index is -0.630. The van der Waals surface area contributed by atoms with Crippen molar-refractivity contribution in [1.82, 2.24) is 5.06 Å². The minimum Gasteiger partial charge on any atom is -0.442 e. The number of nitrogens with zero attached hydrogens (tertiary/aromatic N) is 1. The van der Waals surface area contributed by atoms with Crippen LogP contribution in [0, 0.1) is 0 Å². The SMILES string of the molecule is CC(C)(C)OC(=O)N(O)C1CCCCC1. The van der Waals surface area contributed by atoms with Crippen molar-refractivity contribution in [2.75, 3.05) is 0 Å². The van der Waals surface area contributed by atoms with Crippen LogP contribution in [0.25, 0.3) is 0 Å². The molecule has 0 aliphatic heterocycles. The summed E-state index contributed by atoms with van der Waals surface area (Å²) < 4.78 is 5.09. The molecule has 4 nitrogen and oxygen atoms in total. The third kappa shape index (κ3) is 4.08. The standard InChI is InChI=1S/C11H21NO3/c1-11(2,3)15-10(13)12(14)9-7-5-4-6-8-9/h9,14H,4-8H2,1-3H3. The molecule has 1 fully saturated rings. The maximum Gasteiger partial charge on any atom is 0.434 e. The van der Waals surface area contributed by atoms with Gasteiger partial charge in [-0.2, -0.15) is 5.06 Å². The summed E-state index contributed by atoms with van der Waals surface area (Å²) in [6.07, 6.45) is 4.45. The second kappa shape index (κ2) is 4.84. The first-order valence-electron chi connectivity index (χ1n) is 5.61. The summed E-state index contributed by atoms with van der Waals surface area (Å²) in [6, 6.07) is -0.0615. The molecule has 0 heterocycles. The van der Waals surface area contributed by atoms with Crippen LogP contribution in [0.2, 0.25) is 0 Å². The van der Waals surface area contributed by atoms with Gasteiger partial charge in [0.15, 0.2) is 0 Å². The van der Waals surface area contributed by atoms with Crippen LogP contribution in [0.5, 0.6) is 0 Å². The lowest BCUT2D eigenvalue weighted by atomic mass is 9.95. The number of hydrogen-bond donors (Lipinski definition) is 1. The van der Waals surface area contributed by atoms with Gasteiger partial charge in [-0.05, 0) is 33.6 Å². The van der Waals surface area contributed by atoms with Crippen LogP contribution in [0.3, 0.4) is 0 Å². The molecule has 4 heteroatoms. The summed E-state index contributed by atoms with van der Waals surface area (Å²) in [6.45, 7) is 5.37. The van der Waals surface area contributed by atoms with Crippen molar-refractivity contribution in [3.05, 3.63) is 0 Å². The van der Waals surface area contributed by atoms with Gasteiger partial charge in [-0.25, -0.2) is 4.79 Å². The molecule has 0 aromatic carbocycles. The first kappa shape index (κ1) is 12.3. The monoisotopic (exact) mass is 215 g/mol. The Hall–Kier alpha value is -0.770. The van der Waals surface area contributed by atoms with Crippen LogP contribution in [-0.2, 0) is 4.74 Å². The Morgan fingerprint density at radius 3 is 2.27 bits per heavy atom. The Labute approximate surface area is 91.2 Å². The zero-order valence-electron chi connectivity index (χ0n) is 9.82. The molecule has 1 aliphatic carbocycles. The number of carbonyl (C=O) groups is 1. The summed E-state index contributed by atoms with van der Waals surface area (Å²) in [5.74, 6) is 0. The van der Waals surface area contributed by atoms with Crippen LogP contribution in [-0.4, -0.2) is 28.0 Å². The molecule has 0 unspecified atom stereocenters. The quantitative estimate of drug-likeness (QED) is 0.540. The Bertz CT molecular complexity index is 216. The highest BCUT2D eigenvalue weighted by molar-refractivity contribution is 5.67. The molecule has 0 bridgehead atoms. The molecule has 1 aliphatic rings. The molecule has 0 aromatic heterocycles. The third-order valence-corrected chi connectivity index (χ3v) is 2.50. The molecule has 1 rings (SSSR count). The Morgan fingerprint density at radius 2 is 1.80 bits per heavy atom. The number of hydroxylamine groups is 2. The summed E-state index contributed by atoms with van der Waals surface area (Å²) in [5, 5.41) is 10.4. The van der Waals surface area contributed by atoms with E-state index in [0.717, 1.165) is 30.7 Å². The number of rotatable bonds is 1. The Kier molecular flexibility index (Phi) is 3.97. The maximum atomic E-state index is 11.5. The van der Waals surface area contributed by atoms with Gasteiger partial charge in [-0.3, -0.25) is 5.21 Å². The molecule has 0 spiro atoms. The van der Waals surface area contributed by atoms with Gasteiger partial charge in [-0.15, -0.1) is 0 Å². The number of amides is 1. The lowest BCUT2D eigenvalue weighted by Gasteiger charge is -2.30. The minimum absolute atomic E-state index is 0.0615. The normalized spacial score (nSPS) is 18.7. The molecule has 0 radical (unpaired) electrons. The van der Waals surface area contributed by atoms with E-state index in [4.69, 9.17) is 4.74 Å². The highest BCUT2D eigenvalue weighted by Gasteiger charge is 2.28. The molecule has 88 valence electrons. The number of ether oxygens (including phenoxy) is 1. The van der Waals surface area contributed by atoms with Crippen molar-refractivity contribution < 1.29 is 14.7 Å². The van der Waals surface area contributed by atoms with Crippen molar-refractivity contribution in [2.24, 2.45) is 0 Å². The molecule has 0 aromatic rings. The third-order valence-electron chi connectivity index (χ3n) is 2.50. The Morgan fingerprint density at radius 1 is 1.27 bits per heavy atom. The van der Waals surface area contributed by atoms with Crippen molar-refractivity contribution in [3.63, 3.8) is 0 Å². The zero-order valence-corrected chi connectivity index (χ0v) is 9.82. The topological polar surface area (TPSA) is 49.8 Å². The van der Waals surface area contributed by atoms with Gasteiger partial charge in [0, 0.05) is 0 Å². The summed E-state index contributed by atoms with van der Waals surface area (Å²) >= 11 is 0. The van der Waals surface area contributed by atoms with E-state index in [1.807, 2.05) is 0 Å². The first-order valence-corrected chi connectivity index (χ1v) is 5.61. The van der Waals surface area contributed by atoms with Gasteiger partial charge in [0.1, 0.15) is 5.60 Å². The van der Waals surface area contributed by atoms with Crippen LogP contribution >= 0.6 is 0 Å². The fraction of sp³-hybridized carbons (Fsp3) is 0.909. The van der Waals surface area contributed by atoms with Gasteiger partial charge >= 0.3 is 6.09 Å². The van der Waals surface area contributed by atoms with Crippen molar-refractivity contribution in [3.8, 4) is 0 Å². The molecular weight excluding hydrogens is 194 g/mol. The van der Waals surface area contributed by atoms with E-state index < -0.39 is 11.7 Å². The highest BCUT2D eigenvalue weighted by atomic mass is 16.6. The summed E-state index contributed by atoms with van der Waals surface area (Å²) in [4.78, 5) is 11.5. The van der Waals surface area contributed by atoms with Crippen molar-refractivity contribution in [1.29, 1.82) is 0 Å². The van der Waals surface area contributed by atoms with Gasteiger partial charge < -0.3 is 4.74 Å². The van der Waals surface area contributed by atoms with E-state index in [-0.39, 0.29) is 6.04 Å². The first-order chi connectivity index (χ1) is 6.90. The van der Waals surface area contributed by atoms with Gasteiger partial charge in [0.05, 0.1) is 6.04 Å². The zero-order chi connectivity index (χ0) is 11.5. The van der Waals surface area contributed by atoms with Crippen molar-refractivity contribution in [2.45, 2.75) is 64.5 Å². The van der Waals surface area contributed by atoms with Crippen LogP contribution in [0.15, 0.2) is 0 Å². The molecular formula is C11H21NO3. The highest BCUT2D eigenvalue weighted by Crippen LogP contribution is 2.22. The second-order valence-electron chi connectivity index (χ2n) is 5.12. The summed E-state index contributed by atoms with van der Waals surface area (Å²) in [7, 11) is 0. The van der Waals surface area contributed by atoms with Crippen LogP contribution in [0.1, 0.15) is 52.9 Å². The van der Waals surface area contributed by atoms with Crippen LogP contribution < -0.4 is 0 Å². The molecule has 1 saturated carbocycles. The molecule has 1 N–H and O–H groups in total. The largest absolute Gasteiger partial charge is 0.442 e. The van der Waals surface area contributed by atoms with Gasteiger partial charge in [-0.1, -0.05) is 19.3 Å². The predicted molar refractivity (Wildman–Crippen MR) is 56.7 cm³/mol. The number of hydrogen-bond acceptors (Lipinski definition) is 3. The fourth-order valence-corrected chi connectivity index (χ4v) is 1.78. The summed E-state index contributed by atoms with van der Waals surface area (Å²) in [5.41, 5.74) is -0.549. The van der Waals surface area contributed by atoms with E-state index in [1.165, 1.54) is 6.42 Å². The maximum absolute atomic E-state index is 11.5. The lowest BCUT2D eigenvalue weighted by molar-refractivity contribution is -0.126. The van der Waals surface area contributed by atoms with E-state index in [9.17, 15) is 10.0 Å². The molecule has 0 saturated heterocycles. The Balaban J connectivity index is 2.44. The molecule has 0 atom stereocenters. The van der Waals surface area contributed by atoms with E-state index in [0.29, 0.717) is 0 Å².